The molecular formula is C21H31F3. The summed E-state index contributed by atoms with van der Waals surface area (Å²) in [6.45, 7) is 0. The van der Waals surface area contributed by atoms with Crippen molar-refractivity contribution in [2.45, 2.75) is 89.1 Å². The van der Waals surface area contributed by atoms with Gasteiger partial charge in [-0.3, -0.25) is 0 Å². The van der Waals surface area contributed by atoms with Gasteiger partial charge in [0, 0.05) is 0 Å². The minimum Gasteiger partial charge on any atom is -0.244 e. The summed E-state index contributed by atoms with van der Waals surface area (Å²) < 4.78 is 40.7. The Hall–Kier alpha value is -0.470. The van der Waals surface area contributed by atoms with Gasteiger partial charge in [-0.15, -0.1) is 0 Å². The fourth-order valence-electron chi connectivity index (χ4n) is 5.76. The monoisotopic (exact) mass is 340 g/mol. The smallest absolute Gasteiger partial charge is 0.162 e. The molecule has 24 heavy (non-hydrogen) atoms. The molecule has 0 bridgehead atoms. The normalized spacial score (nSPS) is 47.3. The van der Waals surface area contributed by atoms with Crippen molar-refractivity contribution in [2.75, 3.05) is 0 Å². The molecule has 0 nitrogen and oxygen atoms in total. The molecule has 0 aromatic carbocycles. The van der Waals surface area contributed by atoms with Crippen LogP contribution in [0.5, 0.6) is 0 Å². The summed E-state index contributed by atoms with van der Waals surface area (Å²) in [4.78, 5) is 0. The van der Waals surface area contributed by atoms with E-state index in [9.17, 15) is 13.2 Å². The first-order valence-electron chi connectivity index (χ1n) is 10.2. The number of rotatable bonds is 3. The maximum Gasteiger partial charge on any atom is 0.162 e. The van der Waals surface area contributed by atoms with Gasteiger partial charge in [0.25, 0.3) is 0 Å². The predicted octanol–water partition coefficient (Wildman–Crippen LogP) is 6.35. The van der Waals surface area contributed by atoms with Crippen molar-refractivity contribution in [3.8, 4) is 0 Å². The van der Waals surface area contributed by atoms with Crippen molar-refractivity contribution in [1.82, 2.24) is 0 Å². The zero-order valence-electron chi connectivity index (χ0n) is 14.6. The van der Waals surface area contributed by atoms with Gasteiger partial charge in [-0.05, 0) is 100 Å². The largest absolute Gasteiger partial charge is 0.244 e. The Balaban J connectivity index is 1.29. The zero-order chi connectivity index (χ0) is 16.7. The topological polar surface area (TPSA) is 0 Å². The zero-order valence-corrected chi connectivity index (χ0v) is 14.6. The Morgan fingerprint density at radius 2 is 1.17 bits per heavy atom. The van der Waals surface area contributed by atoms with Crippen LogP contribution in [-0.2, 0) is 0 Å². The van der Waals surface area contributed by atoms with Gasteiger partial charge >= 0.3 is 0 Å². The van der Waals surface area contributed by atoms with E-state index in [2.05, 4.69) is 6.08 Å². The molecule has 3 atom stereocenters. The highest BCUT2D eigenvalue weighted by Gasteiger charge is 2.41. The summed E-state index contributed by atoms with van der Waals surface area (Å²) in [6.07, 6.45) is 9.31. The van der Waals surface area contributed by atoms with E-state index in [4.69, 9.17) is 0 Å². The van der Waals surface area contributed by atoms with E-state index in [-0.39, 0.29) is 18.8 Å². The molecule has 3 saturated carbocycles. The van der Waals surface area contributed by atoms with Crippen LogP contribution >= 0.6 is 0 Å². The lowest BCUT2D eigenvalue weighted by Crippen LogP contribution is -2.38. The quantitative estimate of drug-likeness (QED) is 0.525. The molecule has 0 aromatic rings. The first kappa shape index (κ1) is 17.0. The Kier molecular flexibility index (Phi) is 4.97. The maximum absolute atomic E-state index is 13.7. The summed E-state index contributed by atoms with van der Waals surface area (Å²) in [5, 5.41) is 0. The van der Waals surface area contributed by atoms with Gasteiger partial charge in [0.2, 0.25) is 0 Å². The van der Waals surface area contributed by atoms with Crippen LogP contribution < -0.4 is 0 Å². The average Bonchev–Trinajstić information content (AvgIpc) is 3.45. The lowest BCUT2D eigenvalue weighted by atomic mass is 9.68. The fourth-order valence-corrected chi connectivity index (χ4v) is 5.76. The number of alkyl halides is 3. The third-order valence-electron chi connectivity index (χ3n) is 7.49. The van der Waals surface area contributed by atoms with Crippen LogP contribution in [0.1, 0.15) is 70.6 Å². The highest BCUT2D eigenvalue weighted by atomic mass is 19.2. The third-order valence-corrected chi connectivity index (χ3v) is 7.49. The first-order valence-corrected chi connectivity index (χ1v) is 10.2. The molecule has 4 aliphatic carbocycles. The number of allylic oxidation sites excluding steroid dienone is 2. The third kappa shape index (κ3) is 3.55. The summed E-state index contributed by atoms with van der Waals surface area (Å²) in [5.74, 6) is 3.64. The molecule has 0 radical (unpaired) electrons. The molecule has 0 spiro atoms. The first-order chi connectivity index (χ1) is 11.6. The molecule has 4 aliphatic rings. The van der Waals surface area contributed by atoms with Crippen molar-refractivity contribution in [3.05, 3.63) is 11.6 Å². The van der Waals surface area contributed by atoms with Gasteiger partial charge in [-0.1, -0.05) is 11.6 Å². The van der Waals surface area contributed by atoms with Crippen LogP contribution in [0.3, 0.4) is 0 Å². The number of halogens is 3. The number of hydrogen-bond donors (Lipinski definition) is 0. The van der Waals surface area contributed by atoms with Crippen LogP contribution in [-0.4, -0.2) is 18.5 Å². The van der Waals surface area contributed by atoms with Gasteiger partial charge in [0.05, 0.1) is 0 Å². The second-order valence-corrected chi connectivity index (χ2v) is 8.97. The maximum atomic E-state index is 13.7. The SMILES string of the molecule is FC1CC(C2=CCC(C3CCC(C4CC4)CC3)CC2)CC(F)C1F. The van der Waals surface area contributed by atoms with Gasteiger partial charge in [0.15, 0.2) is 6.17 Å². The van der Waals surface area contributed by atoms with Crippen LogP contribution in [0, 0.1) is 29.6 Å². The van der Waals surface area contributed by atoms with Gasteiger partial charge in [-0.2, -0.15) is 0 Å². The summed E-state index contributed by atoms with van der Waals surface area (Å²) >= 11 is 0. The van der Waals surface area contributed by atoms with E-state index in [1.165, 1.54) is 50.5 Å². The average molecular weight is 340 g/mol. The molecule has 0 saturated heterocycles. The van der Waals surface area contributed by atoms with Gasteiger partial charge in [-0.25, -0.2) is 13.2 Å². The summed E-state index contributed by atoms with van der Waals surface area (Å²) in [6, 6.07) is 0. The molecule has 136 valence electrons. The highest BCUT2D eigenvalue weighted by Crippen LogP contribution is 2.48. The lowest BCUT2D eigenvalue weighted by molar-refractivity contribution is 0.0243. The minimum atomic E-state index is -1.90. The molecule has 0 amide bonds. The Labute approximate surface area is 144 Å². The molecule has 4 rings (SSSR count). The molecular weight excluding hydrogens is 309 g/mol. The van der Waals surface area contributed by atoms with Crippen molar-refractivity contribution < 1.29 is 13.2 Å². The van der Waals surface area contributed by atoms with Gasteiger partial charge in [0.1, 0.15) is 12.3 Å². The van der Waals surface area contributed by atoms with Gasteiger partial charge < -0.3 is 0 Å². The Morgan fingerprint density at radius 1 is 0.667 bits per heavy atom. The Bertz CT molecular complexity index is 450. The van der Waals surface area contributed by atoms with Crippen LogP contribution in [0.4, 0.5) is 13.2 Å². The summed E-state index contributed by atoms with van der Waals surface area (Å²) in [7, 11) is 0. The van der Waals surface area contributed by atoms with E-state index in [0.29, 0.717) is 0 Å². The van der Waals surface area contributed by atoms with E-state index < -0.39 is 18.5 Å². The van der Waals surface area contributed by atoms with Crippen LogP contribution in [0.2, 0.25) is 0 Å². The van der Waals surface area contributed by atoms with Crippen LogP contribution in [0.25, 0.3) is 0 Å². The molecule has 0 N–H and O–H groups in total. The highest BCUT2D eigenvalue weighted by molar-refractivity contribution is 5.14. The number of hydrogen-bond acceptors (Lipinski definition) is 0. The predicted molar refractivity (Wildman–Crippen MR) is 91.0 cm³/mol. The molecule has 3 heteroatoms. The van der Waals surface area contributed by atoms with E-state index in [0.717, 1.165) is 36.5 Å². The minimum absolute atomic E-state index is 0.0615. The van der Waals surface area contributed by atoms with Crippen molar-refractivity contribution >= 4 is 0 Å². The fraction of sp³-hybridized carbons (Fsp3) is 0.905. The molecule has 3 fully saturated rings. The summed E-state index contributed by atoms with van der Waals surface area (Å²) in [5.41, 5.74) is 1.22. The second kappa shape index (κ2) is 7.03. The van der Waals surface area contributed by atoms with E-state index in [1.807, 2.05) is 0 Å². The van der Waals surface area contributed by atoms with E-state index in [1.54, 1.807) is 0 Å². The lowest BCUT2D eigenvalue weighted by Gasteiger charge is -2.38. The van der Waals surface area contributed by atoms with E-state index >= 15 is 0 Å². The standard InChI is InChI=1S/C21H31F3/c22-19-11-18(12-20(23)21(19)24)17-9-7-16(8-10-17)15-5-3-14(4-6-15)13-1-2-13/h9,13-16,18-21H,1-8,10-12H2. The van der Waals surface area contributed by atoms with Crippen molar-refractivity contribution in [2.24, 2.45) is 29.6 Å². The van der Waals surface area contributed by atoms with Crippen LogP contribution in [0.15, 0.2) is 11.6 Å². The van der Waals surface area contributed by atoms with Crippen molar-refractivity contribution in [3.63, 3.8) is 0 Å². The Morgan fingerprint density at radius 3 is 1.62 bits per heavy atom. The molecule has 0 aliphatic heterocycles. The van der Waals surface area contributed by atoms with Crippen molar-refractivity contribution in [1.29, 1.82) is 0 Å². The second-order valence-electron chi connectivity index (χ2n) is 8.97. The molecule has 0 heterocycles. The molecule has 0 aromatic heterocycles. The molecule has 3 unspecified atom stereocenters.